The standard InChI is InChI=1S/C10H20N2OS/c1-2-7-13-8-3-6-11-10(14)12-9-4-5-9/h9H,2-8H2,1H3,(H2,11,12,14). The summed E-state index contributed by atoms with van der Waals surface area (Å²) in [6.45, 7) is 4.72. The van der Waals surface area contributed by atoms with Crippen LogP contribution in [-0.4, -0.2) is 30.9 Å². The number of hydrogen-bond donors (Lipinski definition) is 2. The van der Waals surface area contributed by atoms with Crippen LogP contribution in [0.15, 0.2) is 0 Å². The summed E-state index contributed by atoms with van der Waals surface area (Å²) in [5.74, 6) is 0. The Bertz CT molecular complexity index is 172. The van der Waals surface area contributed by atoms with E-state index in [0.29, 0.717) is 6.04 Å². The van der Waals surface area contributed by atoms with Crippen molar-refractivity contribution in [3.63, 3.8) is 0 Å². The zero-order valence-corrected chi connectivity index (χ0v) is 9.66. The van der Waals surface area contributed by atoms with Crippen LogP contribution in [0.1, 0.15) is 32.6 Å². The number of thiocarbonyl (C=S) groups is 1. The van der Waals surface area contributed by atoms with Gasteiger partial charge in [0.1, 0.15) is 0 Å². The van der Waals surface area contributed by atoms with Crippen LogP contribution in [0.5, 0.6) is 0 Å². The molecule has 0 bridgehead atoms. The quantitative estimate of drug-likeness (QED) is 0.498. The monoisotopic (exact) mass is 216 g/mol. The number of ether oxygens (including phenoxy) is 1. The second kappa shape index (κ2) is 7.01. The molecule has 0 unspecified atom stereocenters. The van der Waals surface area contributed by atoms with Gasteiger partial charge in [-0.3, -0.25) is 0 Å². The van der Waals surface area contributed by atoms with Gasteiger partial charge in [0, 0.05) is 25.8 Å². The molecule has 1 aliphatic carbocycles. The van der Waals surface area contributed by atoms with Crippen molar-refractivity contribution in [2.45, 2.75) is 38.6 Å². The van der Waals surface area contributed by atoms with Gasteiger partial charge >= 0.3 is 0 Å². The molecule has 0 heterocycles. The molecule has 0 aromatic heterocycles. The van der Waals surface area contributed by atoms with Gasteiger partial charge in [0.05, 0.1) is 0 Å². The van der Waals surface area contributed by atoms with Crippen molar-refractivity contribution in [1.82, 2.24) is 10.6 Å². The maximum atomic E-state index is 5.35. The van der Waals surface area contributed by atoms with E-state index in [1.165, 1.54) is 12.8 Å². The third-order valence-electron chi connectivity index (χ3n) is 2.01. The minimum absolute atomic E-state index is 0.645. The maximum absolute atomic E-state index is 5.35. The first-order valence-electron chi connectivity index (χ1n) is 5.45. The molecule has 1 fully saturated rings. The fraction of sp³-hybridized carbons (Fsp3) is 0.900. The largest absolute Gasteiger partial charge is 0.381 e. The first kappa shape index (κ1) is 11.7. The lowest BCUT2D eigenvalue weighted by atomic mass is 10.4. The zero-order chi connectivity index (χ0) is 10.2. The normalized spacial score (nSPS) is 15.2. The van der Waals surface area contributed by atoms with E-state index in [9.17, 15) is 0 Å². The summed E-state index contributed by atoms with van der Waals surface area (Å²) in [5, 5.41) is 7.20. The van der Waals surface area contributed by atoms with E-state index >= 15 is 0 Å². The summed E-state index contributed by atoms with van der Waals surface area (Å²) in [7, 11) is 0. The molecule has 14 heavy (non-hydrogen) atoms. The molecule has 1 saturated carbocycles. The Morgan fingerprint density at radius 3 is 2.86 bits per heavy atom. The molecule has 1 rings (SSSR count). The van der Waals surface area contributed by atoms with Gasteiger partial charge in [0.2, 0.25) is 0 Å². The molecule has 0 aromatic rings. The van der Waals surface area contributed by atoms with E-state index in [2.05, 4.69) is 17.6 Å². The molecule has 0 aliphatic heterocycles. The fourth-order valence-electron chi connectivity index (χ4n) is 1.09. The van der Waals surface area contributed by atoms with Crippen LogP contribution in [0.2, 0.25) is 0 Å². The molecule has 4 heteroatoms. The summed E-state index contributed by atoms with van der Waals surface area (Å²) in [6.07, 6.45) is 4.64. The minimum atomic E-state index is 0.645. The molecular formula is C10H20N2OS. The Balaban J connectivity index is 1.80. The highest BCUT2D eigenvalue weighted by Crippen LogP contribution is 2.18. The van der Waals surface area contributed by atoms with Gasteiger partial charge < -0.3 is 15.4 Å². The molecule has 0 spiro atoms. The Morgan fingerprint density at radius 1 is 1.43 bits per heavy atom. The van der Waals surface area contributed by atoms with E-state index in [4.69, 9.17) is 17.0 Å². The molecule has 1 aliphatic rings. The maximum Gasteiger partial charge on any atom is 0.166 e. The highest BCUT2D eigenvalue weighted by Gasteiger charge is 2.21. The van der Waals surface area contributed by atoms with Crippen LogP contribution < -0.4 is 10.6 Å². The predicted octanol–water partition coefficient (Wildman–Crippen LogP) is 1.43. The molecule has 2 N–H and O–H groups in total. The van der Waals surface area contributed by atoms with Gasteiger partial charge in [-0.2, -0.15) is 0 Å². The van der Waals surface area contributed by atoms with Crippen molar-refractivity contribution in [3.05, 3.63) is 0 Å². The lowest BCUT2D eigenvalue weighted by molar-refractivity contribution is 0.133. The first-order valence-corrected chi connectivity index (χ1v) is 5.86. The lowest BCUT2D eigenvalue weighted by Crippen LogP contribution is -2.37. The Labute approximate surface area is 91.6 Å². The molecule has 0 saturated heterocycles. The van der Waals surface area contributed by atoms with Crippen LogP contribution >= 0.6 is 12.2 Å². The van der Waals surface area contributed by atoms with Crippen LogP contribution in [0, 0.1) is 0 Å². The van der Waals surface area contributed by atoms with E-state index in [0.717, 1.165) is 37.7 Å². The van der Waals surface area contributed by atoms with Gasteiger partial charge in [-0.1, -0.05) is 6.92 Å². The van der Waals surface area contributed by atoms with Gasteiger partial charge in [-0.15, -0.1) is 0 Å². The second-order valence-electron chi connectivity index (χ2n) is 3.64. The fourth-order valence-corrected chi connectivity index (χ4v) is 1.36. The second-order valence-corrected chi connectivity index (χ2v) is 4.05. The molecule has 0 radical (unpaired) electrons. The van der Waals surface area contributed by atoms with Crippen LogP contribution in [0.4, 0.5) is 0 Å². The van der Waals surface area contributed by atoms with Gasteiger partial charge in [-0.05, 0) is 37.9 Å². The zero-order valence-electron chi connectivity index (χ0n) is 8.84. The van der Waals surface area contributed by atoms with Crippen LogP contribution in [-0.2, 0) is 4.74 Å². The van der Waals surface area contributed by atoms with Crippen LogP contribution in [0.3, 0.4) is 0 Å². The average molecular weight is 216 g/mol. The smallest absolute Gasteiger partial charge is 0.166 e. The minimum Gasteiger partial charge on any atom is -0.381 e. The van der Waals surface area contributed by atoms with Crippen molar-refractivity contribution >= 4 is 17.3 Å². The van der Waals surface area contributed by atoms with E-state index in [-0.39, 0.29) is 0 Å². The Kier molecular flexibility index (Phi) is 5.87. The van der Waals surface area contributed by atoms with Gasteiger partial charge in [-0.25, -0.2) is 0 Å². The van der Waals surface area contributed by atoms with Gasteiger partial charge in [0.15, 0.2) is 5.11 Å². The molecular weight excluding hydrogens is 196 g/mol. The Hall–Kier alpha value is -0.350. The molecule has 82 valence electrons. The highest BCUT2D eigenvalue weighted by atomic mass is 32.1. The summed E-state index contributed by atoms with van der Waals surface area (Å²) in [5.41, 5.74) is 0. The molecule has 0 atom stereocenters. The van der Waals surface area contributed by atoms with Crippen molar-refractivity contribution in [1.29, 1.82) is 0 Å². The molecule has 0 amide bonds. The number of rotatable bonds is 7. The van der Waals surface area contributed by atoms with Crippen molar-refractivity contribution in [3.8, 4) is 0 Å². The van der Waals surface area contributed by atoms with Crippen molar-refractivity contribution < 1.29 is 4.74 Å². The summed E-state index contributed by atoms with van der Waals surface area (Å²) < 4.78 is 5.35. The van der Waals surface area contributed by atoms with E-state index < -0.39 is 0 Å². The van der Waals surface area contributed by atoms with E-state index in [1.54, 1.807) is 0 Å². The molecule has 3 nitrogen and oxygen atoms in total. The highest BCUT2D eigenvalue weighted by molar-refractivity contribution is 7.80. The van der Waals surface area contributed by atoms with Crippen molar-refractivity contribution in [2.24, 2.45) is 0 Å². The number of hydrogen-bond acceptors (Lipinski definition) is 2. The Morgan fingerprint density at radius 2 is 2.21 bits per heavy atom. The number of nitrogens with one attached hydrogen (secondary N) is 2. The lowest BCUT2D eigenvalue weighted by Gasteiger charge is -2.09. The first-order chi connectivity index (χ1) is 6.83. The van der Waals surface area contributed by atoms with Crippen molar-refractivity contribution in [2.75, 3.05) is 19.8 Å². The topological polar surface area (TPSA) is 33.3 Å². The summed E-state index contributed by atoms with van der Waals surface area (Å²) in [6, 6.07) is 0.645. The predicted molar refractivity (Wildman–Crippen MR) is 62.5 cm³/mol. The summed E-state index contributed by atoms with van der Waals surface area (Å²) in [4.78, 5) is 0. The third kappa shape index (κ3) is 6.16. The summed E-state index contributed by atoms with van der Waals surface area (Å²) >= 11 is 5.11. The average Bonchev–Trinajstić information content (AvgIpc) is 2.95. The molecule has 0 aromatic carbocycles. The SMILES string of the molecule is CCCOCCCNC(=S)NC1CC1. The third-order valence-corrected chi connectivity index (χ3v) is 2.27. The van der Waals surface area contributed by atoms with Crippen LogP contribution in [0.25, 0.3) is 0 Å². The van der Waals surface area contributed by atoms with Gasteiger partial charge in [0.25, 0.3) is 0 Å². The van der Waals surface area contributed by atoms with E-state index in [1.807, 2.05) is 0 Å².